The second kappa shape index (κ2) is 9.86. The summed E-state index contributed by atoms with van der Waals surface area (Å²) in [5, 5.41) is 3.40. The zero-order valence-corrected chi connectivity index (χ0v) is 11.5. The van der Waals surface area contributed by atoms with Crippen molar-refractivity contribution in [2.24, 2.45) is 0 Å². The number of benzene rings is 1. The van der Waals surface area contributed by atoms with Crippen LogP contribution in [0.3, 0.4) is 0 Å². The number of hydrogen-bond acceptors (Lipinski definition) is 2. The van der Waals surface area contributed by atoms with Crippen molar-refractivity contribution >= 4 is 0 Å². The molecule has 0 aliphatic rings. The van der Waals surface area contributed by atoms with Gasteiger partial charge >= 0.3 is 0 Å². The van der Waals surface area contributed by atoms with Gasteiger partial charge in [0.1, 0.15) is 0 Å². The highest BCUT2D eigenvalue weighted by Gasteiger charge is 1.95. The fraction of sp³-hybridized carbons (Fsp3) is 0.500. The van der Waals surface area contributed by atoms with Crippen LogP contribution in [0.1, 0.15) is 37.3 Å². The van der Waals surface area contributed by atoms with Crippen LogP contribution in [0.15, 0.2) is 36.9 Å². The quantitative estimate of drug-likeness (QED) is 0.503. The Morgan fingerprint density at radius 3 is 2.61 bits per heavy atom. The van der Waals surface area contributed by atoms with E-state index in [-0.39, 0.29) is 0 Å². The highest BCUT2D eigenvalue weighted by Crippen LogP contribution is 2.06. The lowest BCUT2D eigenvalue weighted by Gasteiger charge is -2.06. The van der Waals surface area contributed by atoms with E-state index in [0.717, 1.165) is 32.5 Å². The molecule has 1 N–H and O–H groups in total. The number of hydrogen-bond donors (Lipinski definition) is 1. The highest BCUT2D eigenvalue weighted by molar-refractivity contribution is 5.21. The molecule has 2 nitrogen and oxygen atoms in total. The minimum atomic E-state index is 0.708. The summed E-state index contributed by atoms with van der Waals surface area (Å²) in [4.78, 5) is 0. The van der Waals surface area contributed by atoms with Crippen LogP contribution in [0.4, 0.5) is 0 Å². The Labute approximate surface area is 111 Å². The van der Waals surface area contributed by atoms with Crippen molar-refractivity contribution in [1.29, 1.82) is 0 Å². The molecule has 18 heavy (non-hydrogen) atoms. The summed E-state index contributed by atoms with van der Waals surface area (Å²) < 4.78 is 5.60. The van der Waals surface area contributed by atoms with Crippen LogP contribution in [0.5, 0.6) is 0 Å². The molecule has 1 rings (SSSR count). The Hall–Kier alpha value is -1.12. The van der Waals surface area contributed by atoms with Crippen molar-refractivity contribution in [1.82, 2.24) is 5.32 Å². The van der Waals surface area contributed by atoms with Gasteiger partial charge in [0.2, 0.25) is 0 Å². The zero-order chi connectivity index (χ0) is 13.1. The Balaban J connectivity index is 2.20. The average Bonchev–Trinajstić information content (AvgIpc) is 2.40. The smallest absolute Gasteiger partial charge is 0.0716 e. The van der Waals surface area contributed by atoms with E-state index < -0.39 is 0 Å². The lowest BCUT2D eigenvalue weighted by atomic mass is 10.1. The largest absolute Gasteiger partial charge is 0.377 e. The summed E-state index contributed by atoms with van der Waals surface area (Å²) in [6.07, 6.45) is 5.20. The van der Waals surface area contributed by atoms with Crippen LogP contribution >= 0.6 is 0 Å². The van der Waals surface area contributed by atoms with E-state index in [2.05, 4.69) is 43.1 Å². The maximum atomic E-state index is 5.60. The molecule has 0 spiro atoms. The molecule has 0 heterocycles. The monoisotopic (exact) mass is 247 g/mol. The summed E-state index contributed by atoms with van der Waals surface area (Å²) >= 11 is 0. The molecule has 1 aromatic carbocycles. The van der Waals surface area contributed by atoms with Gasteiger partial charge in [0, 0.05) is 13.2 Å². The van der Waals surface area contributed by atoms with E-state index in [0.29, 0.717) is 6.61 Å². The lowest BCUT2D eigenvalue weighted by Crippen LogP contribution is -2.13. The van der Waals surface area contributed by atoms with Crippen molar-refractivity contribution in [3.63, 3.8) is 0 Å². The Bertz CT molecular complexity index is 318. The minimum Gasteiger partial charge on any atom is -0.377 e. The first kappa shape index (κ1) is 14.9. The first-order valence-corrected chi connectivity index (χ1v) is 6.84. The summed E-state index contributed by atoms with van der Waals surface area (Å²) in [5.74, 6) is 0. The molecule has 1 aromatic rings. The van der Waals surface area contributed by atoms with Gasteiger partial charge in [0.15, 0.2) is 0 Å². The van der Waals surface area contributed by atoms with Crippen LogP contribution in [0.25, 0.3) is 0 Å². The Morgan fingerprint density at radius 2 is 1.94 bits per heavy atom. The van der Waals surface area contributed by atoms with Gasteiger partial charge in [0.25, 0.3) is 0 Å². The van der Waals surface area contributed by atoms with Gasteiger partial charge in [-0.3, -0.25) is 0 Å². The fourth-order valence-corrected chi connectivity index (χ4v) is 1.68. The standard InChI is InChI=1S/C16H25NO/c1-3-5-6-12-18-14-16-9-7-15(8-10-16)13-17-11-4-2/h3,7-10,17H,1,4-6,11-14H2,2H3. The van der Waals surface area contributed by atoms with E-state index in [9.17, 15) is 0 Å². The van der Waals surface area contributed by atoms with Gasteiger partial charge in [-0.2, -0.15) is 0 Å². The first-order chi connectivity index (χ1) is 8.86. The van der Waals surface area contributed by atoms with Gasteiger partial charge in [-0.1, -0.05) is 37.3 Å². The molecule has 2 heteroatoms. The average molecular weight is 247 g/mol. The summed E-state index contributed by atoms with van der Waals surface area (Å²) in [5.41, 5.74) is 2.58. The van der Waals surface area contributed by atoms with Crippen LogP contribution in [-0.2, 0) is 17.9 Å². The van der Waals surface area contributed by atoms with E-state index in [4.69, 9.17) is 4.74 Å². The van der Waals surface area contributed by atoms with E-state index in [1.807, 2.05) is 6.08 Å². The zero-order valence-electron chi connectivity index (χ0n) is 11.5. The van der Waals surface area contributed by atoms with Crippen molar-refractivity contribution < 1.29 is 4.74 Å². The predicted octanol–water partition coefficient (Wildman–Crippen LogP) is 3.67. The van der Waals surface area contributed by atoms with Crippen LogP contribution in [0.2, 0.25) is 0 Å². The molecular formula is C16H25NO. The first-order valence-electron chi connectivity index (χ1n) is 6.84. The fourth-order valence-electron chi connectivity index (χ4n) is 1.68. The summed E-state index contributed by atoms with van der Waals surface area (Å²) in [7, 11) is 0. The number of ether oxygens (including phenoxy) is 1. The second-order valence-electron chi connectivity index (χ2n) is 4.48. The highest BCUT2D eigenvalue weighted by atomic mass is 16.5. The number of nitrogens with one attached hydrogen (secondary N) is 1. The third-order valence-corrected chi connectivity index (χ3v) is 2.74. The van der Waals surface area contributed by atoms with Crippen LogP contribution < -0.4 is 5.32 Å². The molecule has 0 amide bonds. The SMILES string of the molecule is C=CCCCOCc1ccc(CNCCC)cc1. The van der Waals surface area contributed by atoms with Gasteiger partial charge in [-0.05, 0) is 36.9 Å². The molecule has 0 unspecified atom stereocenters. The normalized spacial score (nSPS) is 10.5. The van der Waals surface area contributed by atoms with E-state index >= 15 is 0 Å². The Morgan fingerprint density at radius 1 is 1.22 bits per heavy atom. The lowest BCUT2D eigenvalue weighted by molar-refractivity contribution is 0.119. The van der Waals surface area contributed by atoms with E-state index in [1.165, 1.54) is 17.5 Å². The molecule has 0 fully saturated rings. The molecule has 0 aliphatic heterocycles. The van der Waals surface area contributed by atoms with Crippen molar-refractivity contribution in [2.45, 2.75) is 39.3 Å². The third-order valence-electron chi connectivity index (χ3n) is 2.74. The minimum absolute atomic E-state index is 0.708. The topological polar surface area (TPSA) is 21.3 Å². The molecule has 100 valence electrons. The molecule has 0 aliphatic carbocycles. The molecule has 0 saturated carbocycles. The molecule has 0 radical (unpaired) electrons. The molecule has 0 saturated heterocycles. The molecule has 0 bridgehead atoms. The third kappa shape index (κ3) is 6.58. The van der Waals surface area contributed by atoms with Gasteiger partial charge < -0.3 is 10.1 Å². The van der Waals surface area contributed by atoms with Gasteiger partial charge in [-0.15, -0.1) is 6.58 Å². The maximum Gasteiger partial charge on any atom is 0.0716 e. The number of allylic oxidation sites excluding steroid dienone is 1. The molecule has 0 aromatic heterocycles. The van der Waals surface area contributed by atoms with Crippen LogP contribution in [0, 0.1) is 0 Å². The summed E-state index contributed by atoms with van der Waals surface area (Å²) in [6, 6.07) is 8.64. The Kier molecular flexibility index (Phi) is 8.19. The number of rotatable bonds is 10. The van der Waals surface area contributed by atoms with Gasteiger partial charge in [-0.25, -0.2) is 0 Å². The summed E-state index contributed by atoms with van der Waals surface area (Å²) in [6.45, 7) is 9.43. The van der Waals surface area contributed by atoms with Crippen molar-refractivity contribution in [2.75, 3.05) is 13.2 Å². The van der Waals surface area contributed by atoms with Crippen LogP contribution in [-0.4, -0.2) is 13.2 Å². The van der Waals surface area contributed by atoms with Gasteiger partial charge in [0.05, 0.1) is 6.61 Å². The molecular weight excluding hydrogens is 222 g/mol. The molecule has 0 atom stereocenters. The maximum absolute atomic E-state index is 5.60. The van der Waals surface area contributed by atoms with Crippen molar-refractivity contribution in [3.8, 4) is 0 Å². The second-order valence-corrected chi connectivity index (χ2v) is 4.48. The predicted molar refractivity (Wildman–Crippen MR) is 77.5 cm³/mol. The number of unbranched alkanes of at least 4 members (excludes halogenated alkanes) is 1. The van der Waals surface area contributed by atoms with E-state index in [1.54, 1.807) is 0 Å². The van der Waals surface area contributed by atoms with Crippen molar-refractivity contribution in [3.05, 3.63) is 48.0 Å².